The molecule has 0 amide bonds. The second-order valence-corrected chi connectivity index (χ2v) is 6.80. The maximum Gasteiger partial charge on any atom is 0.139 e. The summed E-state index contributed by atoms with van der Waals surface area (Å²) in [4.78, 5) is 9.40. The Kier molecular flexibility index (Phi) is 4.06. The molecular weight excluding hydrogens is 316 g/mol. The summed E-state index contributed by atoms with van der Waals surface area (Å²) in [5.41, 5.74) is 3.64. The monoisotopic (exact) mass is 332 g/mol. The van der Waals surface area contributed by atoms with Crippen molar-refractivity contribution < 1.29 is 4.74 Å². The van der Waals surface area contributed by atoms with Crippen LogP contribution >= 0.6 is 22.9 Å². The normalized spacial score (nSPS) is 11.4. The van der Waals surface area contributed by atoms with Crippen molar-refractivity contribution in [1.82, 2.24) is 9.97 Å². The van der Waals surface area contributed by atoms with Crippen molar-refractivity contribution in [1.29, 1.82) is 0 Å². The van der Waals surface area contributed by atoms with E-state index >= 15 is 0 Å². The number of hydrogen-bond donors (Lipinski definition) is 0. The molecule has 3 aromatic rings. The Labute approximate surface area is 138 Å². The highest BCUT2D eigenvalue weighted by Crippen LogP contribution is 2.35. The van der Waals surface area contributed by atoms with Crippen molar-refractivity contribution in [2.24, 2.45) is 0 Å². The first-order chi connectivity index (χ1) is 10.5. The van der Waals surface area contributed by atoms with Crippen molar-refractivity contribution in [2.45, 2.75) is 26.7 Å². The van der Waals surface area contributed by atoms with E-state index in [-0.39, 0.29) is 0 Å². The molecule has 0 fully saturated rings. The van der Waals surface area contributed by atoms with E-state index in [1.54, 1.807) is 18.4 Å². The maximum atomic E-state index is 6.42. The summed E-state index contributed by atoms with van der Waals surface area (Å²) in [6.07, 6.45) is 0. The number of thiazole rings is 1. The van der Waals surface area contributed by atoms with Gasteiger partial charge in [0.25, 0.3) is 0 Å². The number of methoxy groups -OCH3 is 1. The van der Waals surface area contributed by atoms with Gasteiger partial charge in [0.2, 0.25) is 0 Å². The fraction of sp³-hybridized carbons (Fsp3) is 0.294. The lowest BCUT2D eigenvalue weighted by molar-refractivity contribution is 0.415. The zero-order chi connectivity index (χ0) is 15.9. The van der Waals surface area contributed by atoms with E-state index in [1.807, 2.05) is 12.1 Å². The van der Waals surface area contributed by atoms with Gasteiger partial charge in [0, 0.05) is 16.7 Å². The first-order valence-corrected chi connectivity index (χ1v) is 8.36. The van der Waals surface area contributed by atoms with E-state index in [4.69, 9.17) is 21.3 Å². The standard InChI is InChI=1S/C17H17ClN2OS/c1-9(2)17-20-13(8-22-17)12-7-10(3)11-5-6-14(21-4)15(18)16(11)19-12/h5-9H,1-4H3. The number of hydrogen-bond acceptors (Lipinski definition) is 4. The third-order valence-corrected chi connectivity index (χ3v) is 5.10. The quantitative estimate of drug-likeness (QED) is 0.639. The molecule has 0 unspecified atom stereocenters. The first kappa shape index (κ1) is 15.3. The molecule has 0 saturated carbocycles. The molecule has 0 aliphatic heterocycles. The van der Waals surface area contributed by atoms with Gasteiger partial charge >= 0.3 is 0 Å². The average molecular weight is 333 g/mol. The minimum Gasteiger partial charge on any atom is -0.495 e. The van der Waals surface area contributed by atoms with E-state index < -0.39 is 0 Å². The zero-order valence-electron chi connectivity index (χ0n) is 13.0. The Bertz CT molecular complexity index is 842. The maximum absolute atomic E-state index is 6.42. The van der Waals surface area contributed by atoms with Crippen LogP contribution in [0.5, 0.6) is 5.75 Å². The molecule has 0 aliphatic carbocycles. The molecule has 0 radical (unpaired) electrons. The van der Waals surface area contributed by atoms with E-state index in [0.717, 1.165) is 32.9 Å². The van der Waals surface area contributed by atoms with Gasteiger partial charge in [0.15, 0.2) is 0 Å². The van der Waals surface area contributed by atoms with E-state index in [0.29, 0.717) is 16.7 Å². The minimum absolute atomic E-state index is 0.420. The number of nitrogens with zero attached hydrogens (tertiary/aromatic N) is 2. The molecule has 0 bridgehead atoms. The van der Waals surface area contributed by atoms with Gasteiger partial charge in [-0.05, 0) is 30.7 Å². The first-order valence-electron chi connectivity index (χ1n) is 7.11. The van der Waals surface area contributed by atoms with Crippen molar-refractivity contribution in [3.63, 3.8) is 0 Å². The summed E-state index contributed by atoms with van der Waals surface area (Å²) in [6.45, 7) is 6.35. The Morgan fingerprint density at radius 2 is 1.95 bits per heavy atom. The van der Waals surface area contributed by atoms with Gasteiger partial charge in [-0.2, -0.15) is 0 Å². The van der Waals surface area contributed by atoms with Crippen molar-refractivity contribution in [2.75, 3.05) is 7.11 Å². The van der Waals surface area contributed by atoms with Gasteiger partial charge in [-0.15, -0.1) is 11.3 Å². The van der Waals surface area contributed by atoms with Crippen LogP contribution in [0.2, 0.25) is 5.02 Å². The molecule has 5 heteroatoms. The number of aromatic nitrogens is 2. The van der Waals surface area contributed by atoms with Gasteiger partial charge < -0.3 is 4.74 Å². The molecule has 22 heavy (non-hydrogen) atoms. The lowest BCUT2D eigenvalue weighted by Gasteiger charge is -2.09. The second-order valence-electron chi connectivity index (χ2n) is 5.53. The van der Waals surface area contributed by atoms with Crippen LogP contribution in [0, 0.1) is 6.92 Å². The molecule has 1 aromatic carbocycles. The van der Waals surface area contributed by atoms with Crippen LogP contribution in [0.1, 0.15) is 30.3 Å². The molecule has 3 nitrogen and oxygen atoms in total. The van der Waals surface area contributed by atoms with Crippen LogP contribution in [0.15, 0.2) is 23.6 Å². The number of ether oxygens (including phenoxy) is 1. The highest BCUT2D eigenvalue weighted by atomic mass is 35.5. The number of benzene rings is 1. The van der Waals surface area contributed by atoms with E-state index in [1.165, 1.54) is 0 Å². The summed E-state index contributed by atoms with van der Waals surface area (Å²) in [5, 5.41) is 4.75. The SMILES string of the molecule is COc1ccc2c(C)cc(-c3csc(C(C)C)n3)nc2c1Cl. The van der Waals surface area contributed by atoms with Gasteiger partial charge in [-0.25, -0.2) is 9.97 Å². The van der Waals surface area contributed by atoms with Crippen LogP contribution in [0.4, 0.5) is 0 Å². The van der Waals surface area contributed by atoms with Crippen molar-refractivity contribution in [3.8, 4) is 17.1 Å². The van der Waals surface area contributed by atoms with E-state index in [9.17, 15) is 0 Å². The number of aryl methyl sites for hydroxylation is 1. The largest absolute Gasteiger partial charge is 0.495 e. The lowest BCUT2D eigenvalue weighted by atomic mass is 10.1. The van der Waals surface area contributed by atoms with Crippen molar-refractivity contribution in [3.05, 3.63) is 39.2 Å². The fourth-order valence-electron chi connectivity index (χ4n) is 2.37. The summed E-state index contributed by atoms with van der Waals surface area (Å²) < 4.78 is 5.29. The highest BCUT2D eigenvalue weighted by Gasteiger charge is 2.14. The smallest absolute Gasteiger partial charge is 0.139 e. The van der Waals surface area contributed by atoms with E-state index in [2.05, 4.69) is 37.2 Å². The molecule has 0 aliphatic rings. The Balaban J connectivity index is 2.20. The number of fused-ring (bicyclic) bond motifs is 1. The molecule has 0 N–H and O–H groups in total. The molecular formula is C17H17ClN2OS. The number of pyridine rings is 1. The predicted octanol–water partition coefficient (Wildman–Crippen LogP) is 5.45. The van der Waals surface area contributed by atoms with Crippen LogP contribution in [0.3, 0.4) is 0 Å². The summed E-state index contributed by atoms with van der Waals surface area (Å²) in [6, 6.07) is 5.93. The third kappa shape index (κ3) is 2.57. The van der Waals surface area contributed by atoms with Gasteiger partial charge in [-0.3, -0.25) is 0 Å². The highest BCUT2D eigenvalue weighted by molar-refractivity contribution is 7.10. The van der Waals surface area contributed by atoms with Crippen molar-refractivity contribution >= 4 is 33.8 Å². The topological polar surface area (TPSA) is 35.0 Å². The average Bonchev–Trinajstić information content (AvgIpc) is 2.98. The molecule has 3 rings (SSSR count). The number of halogens is 1. The number of rotatable bonds is 3. The summed E-state index contributed by atoms with van der Waals surface area (Å²) in [5.74, 6) is 1.06. The predicted molar refractivity (Wildman–Crippen MR) is 93.2 cm³/mol. The molecule has 2 heterocycles. The van der Waals surface area contributed by atoms with Crippen LogP contribution < -0.4 is 4.74 Å². The van der Waals surface area contributed by atoms with Gasteiger partial charge in [0.05, 0.1) is 29.0 Å². The zero-order valence-corrected chi connectivity index (χ0v) is 14.5. The second kappa shape index (κ2) is 5.86. The Morgan fingerprint density at radius 1 is 1.18 bits per heavy atom. The molecule has 0 spiro atoms. The van der Waals surface area contributed by atoms with Crippen LogP contribution in [-0.2, 0) is 0 Å². The molecule has 114 valence electrons. The molecule has 0 atom stereocenters. The Morgan fingerprint density at radius 3 is 2.59 bits per heavy atom. The molecule has 2 aromatic heterocycles. The summed E-state index contributed by atoms with van der Waals surface area (Å²) in [7, 11) is 1.61. The minimum atomic E-state index is 0.420. The lowest BCUT2D eigenvalue weighted by Crippen LogP contribution is -1.93. The molecule has 0 saturated heterocycles. The van der Waals surface area contributed by atoms with Crippen LogP contribution in [0.25, 0.3) is 22.3 Å². The Hall–Kier alpha value is -1.65. The van der Waals surface area contributed by atoms with Gasteiger partial charge in [-0.1, -0.05) is 25.4 Å². The third-order valence-electron chi connectivity index (χ3n) is 3.59. The van der Waals surface area contributed by atoms with Crippen LogP contribution in [-0.4, -0.2) is 17.1 Å². The van der Waals surface area contributed by atoms with Gasteiger partial charge in [0.1, 0.15) is 10.8 Å². The fourth-order valence-corrected chi connectivity index (χ4v) is 3.48. The summed E-state index contributed by atoms with van der Waals surface area (Å²) >= 11 is 8.09.